The fourth-order valence-corrected chi connectivity index (χ4v) is 4.55. The van der Waals surface area contributed by atoms with Crippen molar-refractivity contribution in [3.05, 3.63) is 0 Å². The molecule has 14 heavy (non-hydrogen) atoms. The van der Waals surface area contributed by atoms with Crippen molar-refractivity contribution >= 4 is 17.4 Å². The van der Waals surface area contributed by atoms with Gasteiger partial charge in [-0.3, -0.25) is 0 Å². The van der Waals surface area contributed by atoms with Crippen LogP contribution >= 0.6 is 0 Å². The lowest BCUT2D eigenvalue weighted by molar-refractivity contribution is 0.585. The summed E-state index contributed by atoms with van der Waals surface area (Å²) in [5.41, 5.74) is 0. The van der Waals surface area contributed by atoms with Gasteiger partial charge in [0.1, 0.15) is 0 Å². The molecule has 0 saturated heterocycles. The van der Waals surface area contributed by atoms with E-state index in [9.17, 15) is 0 Å². The van der Waals surface area contributed by atoms with Gasteiger partial charge in [0, 0.05) is 17.4 Å². The van der Waals surface area contributed by atoms with E-state index in [2.05, 4.69) is 20.0 Å². The van der Waals surface area contributed by atoms with Crippen LogP contribution < -0.4 is 0 Å². The summed E-state index contributed by atoms with van der Waals surface area (Å²) in [6.07, 6.45) is 11.7. The molecule has 0 aromatic carbocycles. The molecular formula is C12H27Si2. The first kappa shape index (κ1) is 14.4. The molecular weight excluding hydrogens is 200 g/mol. The van der Waals surface area contributed by atoms with Crippen LogP contribution in [0.2, 0.25) is 19.1 Å². The van der Waals surface area contributed by atoms with E-state index in [1.54, 1.807) is 0 Å². The summed E-state index contributed by atoms with van der Waals surface area (Å²) in [4.78, 5) is 0. The maximum Gasteiger partial charge on any atom is 0.0278 e. The molecule has 0 heterocycles. The SMILES string of the molecule is CCCCCCCCCC[Si][Si](C)C. The van der Waals surface area contributed by atoms with E-state index < -0.39 is 0 Å². The van der Waals surface area contributed by atoms with Crippen molar-refractivity contribution in [3.63, 3.8) is 0 Å². The second-order valence-electron chi connectivity index (χ2n) is 4.40. The highest BCUT2D eigenvalue weighted by molar-refractivity contribution is 7.11. The zero-order chi connectivity index (χ0) is 10.6. The molecule has 0 rings (SSSR count). The van der Waals surface area contributed by atoms with Crippen LogP contribution in [0.25, 0.3) is 0 Å². The monoisotopic (exact) mass is 227 g/mol. The number of hydrogen-bond donors (Lipinski definition) is 0. The van der Waals surface area contributed by atoms with Crippen molar-refractivity contribution in [3.8, 4) is 0 Å². The smallest absolute Gasteiger partial charge is 0.0278 e. The number of rotatable bonds is 10. The molecule has 0 nitrogen and oxygen atoms in total. The minimum atomic E-state index is 0.0889. The van der Waals surface area contributed by atoms with Gasteiger partial charge in [-0.15, -0.1) is 0 Å². The zero-order valence-corrected chi connectivity index (χ0v) is 12.4. The van der Waals surface area contributed by atoms with Crippen LogP contribution in [0.15, 0.2) is 0 Å². The van der Waals surface area contributed by atoms with Crippen LogP contribution in [-0.4, -0.2) is 17.4 Å². The maximum atomic E-state index is 2.44. The minimum absolute atomic E-state index is 0.0889. The molecule has 0 spiro atoms. The van der Waals surface area contributed by atoms with Crippen molar-refractivity contribution in [1.82, 2.24) is 0 Å². The van der Waals surface area contributed by atoms with Gasteiger partial charge in [-0.1, -0.05) is 77.4 Å². The highest BCUT2D eigenvalue weighted by Gasteiger charge is 1.96. The Labute approximate surface area is 95.1 Å². The summed E-state index contributed by atoms with van der Waals surface area (Å²) in [6, 6.07) is 1.52. The highest BCUT2D eigenvalue weighted by atomic mass is 29.2. The fourth-order valence-electron chi connectivity index (χ4n) is 1.60. The first-order chi connectivity index (χ1) is 6.77. The van der Waals surface area contributed by atoms with Gasteiger partial charge >= 0.3 is 0 Å². The van der Waals surface area contributed by atoms with Gasteiger partial charge in [0.15, 0.2) is 0 Å². The van der Waals surface area contributed by atoms with Crippen LogP contribution in [0.1, 0.15) is 58.3 Å². The Bertz CT molecular complexity index is 102. The molecule has 3 radical (unpaired) electrons. The first-order valence-electron chi connectivity index (χ1n) is 6.31. The van der Waals surface area contributed by atoms with E-state index in [0.717, 1.165) is 0 Å². The van der Waals surface area contributed by atoms with Gasteiger partial charge in [0.25, 0.3) is 0 Å². The van der Waals surface area contributed by atoms with Crippen molar-refractivity contribution in [2.75, 3.05) is 0 Å². The predicted octanol–water partition coefficient (Wildman–Crippen LogP) is 4.50. The average Bonchev–Trinajstić information content (AvgIpc) is 2.15. The third-order valence-corrected chi connectivity index (χ3v) is 6.69. The summed E-state index contributed by atoms with van der Waals surface area (Å²) in [5, 5.41) is 0. The van der Waals surface area contributed by atoms with Crippen LogP contribution in [0, 0.1) is 0 Å². The van der Waals surface area contributed by atoms with E-state index in [0.29, 0.717) is 0 Å². The van der Waals surface area contributed by atoms with E-state index in [1.165, 1.54) is 66.4 Å². The lowest BCUT2D eigenvalue weighted by atomic mass is 10.1. The molecule has 2 heteroatoms. The quantitative estimate of drug-likeness (QED) is 0.381. The van der Waals surface area contributed by atoms with Gasteiger partial charge in [0.05, 0.1) is 0 Å². The normalized spacial score (nSPS) is 11.1. The average molecular weight is 228 g/mol. The van der Waals surface area contributed by atoms with Crippen LogP contribution in [0.4, 0.5) is 0 Å². The van der Waals surface area contributed by atoms with Gasteiger partial charge in [0.2, 0.25) is 0 Å². The number of hydrogen-bond acceptors (Lipinski definition) is 0. The van der Waals surface area contributed by atoms with Crippen LogP contribution in [-0.2, 0) is 0 Å². The molecule has 0 aromatic rings. The van der Waals surface area contributed by atoms with Crippen molar-refractivity contribution < 1.29 is 0 Å². The molecule has 0 saturated carbocycles. The predicted molar refractivity (Wildman–Crippen MR) is 70.7 cm³/mol. The lowest BCUT2D eigenvalue weighted by Gasteiger charge is -2.02. The molecule has 0 aliphatic rings. The Morgan fingerprint density at radius 1 is 0.786 bits per heavy atom. The Kier molecular flexibility index (Phi) is 11.9. The standard InChI is InChI=1S/C12H27Si2/c1-4-5-6-7-8-9-10-11-12-13-14(2)3/h4-12H2,1-3H3. The molecule has 0 aromatic heterocycles. The minimum Gasteiger partial charge on any atom is -0.0737 e. The zero-order valence-electron chi connectivity index (χ0n) is 10.4. The summed E-state index contributed by atoms with van der Waals surface area (Å²) < 4.78 is 0. The van der Waals surface area contributed by atoms with E-state index in [-0.39, 0.29) is 8.31 Å². The molecule has 0 unspecified atom stereocenters. The van der Waals surface area contributed by atoms with E-state index >= 15 is 0 Å². The maximum absolute atomic E-state index is 2.44. The Balaban J connectivity index is 2.85. The molecule has 0 bridgehead atoms. The Hall–Kier alpha value is 0.434. The summed E-state index contributed by atoms with van der Waals surface area (Å²) >= 11 is 0. The second-order valence-corrected chi connectivity index (χ2v) is 11.3. The fraction of sp³-hybridized carbons (Fsp3) is 1.00. The molecule has 0 fully saturated rings. The van der Waals surface area contributed by atoms with Gasteiger partial charge in [-0.25, -0.2) is 0 Å². The molecule has 0 N–H and O–H groups in total. The molecule has 0 atom stereocenters. The van der Waals surface area contributed by atoms with Crippen LogP contribution in [0.3, 0.4) is 0 Å². The lowest BCUT2D eigenvalue weighted by Crippen LogP contribution is -2.11. The topological polar surface area (TPSA) is 0 Å². The molecule has 0 amide bonds. The van der Waals surface area contributed by atoms with Gasteiger partial charge < -0.3 is 0 Å². The van der Waals surface area contributed by atoms with Crippen molar-refractivity contribution in [2.45, 2.75) is 77.4 Å². The van der Waals surface area contributed by atoms with Crippen LogP contribution in [0.5, 0.6) is 0 Å². The first-order valence-corrected chi connectivity index (χ1v) is 11.0. The molecule has 0 aliphatic heterocycles. The van der Waals surface area contributed by atoms with Crippen molar-refractivity contribution in [1.29, 1.82) is 0 Å². The largest absolute Gasteiger partial charge is 0.0737 e. The molecule has 0 aliphatic carbocycles. The Morgan fingerprint density at radius 3 is 1.79 bits per heavy atom. The second kappa shape index (κ2) is 11.5. The molecule has 83 valence electrons. The van der Waals surface area contributed by atoms with Gasteiger partial charge in [-0.2, -0.15) is 0 Å². The van der Waals surface area contributed by atoms with Crippen molar-refractivity contribution in [2.24, 2.45) is 0 Å². The number of unbranched alkanes of at least 4 members (excludes halogenated alkanes) is 7. The van der Waals surface area contributed by atoms with Gasteiger partial charge in [-0.05, 0) is 0 Å². The third kappa shape index (κ3) is 12.4. The third-order valence-electron chi connectivity index (χ3n) is 2.51. The highest BCUT2D eigenvalue weighted by Crippen LogP contribution is 2.09. The summed E-state index contributed by atoms with van der Waals surface area (Å²) in [7, 11) is 1.39. The van der Waals surface area contributed by atoms with E-state index in [1.807, 2.05) is 0 Å². The summed E-state index contributed by atoms with van der Waals surface area (Å²) in [6.45, 7) is 7.16. The summed E-state index contributed by atoms with van der Waals surface area (Å²) in [5.74, 6) is 0. The van der Waals surface area contributed by atoms with E-state index in [4.69, 9.17) is 0 Å². The Morgan fingerprint density at radius 2 is 1.29 bits per heavy atom.